The number of hydrogen-bond acceptors (Lipinski definition) is 0. The number of halogens is 2. The van der Waals surface area contributed by atoms with Crippen LogP contribution in [0.5, 0.6) is 0 Å². The highest BCUT2D eigenvalue weighted by Gasteiger charge is 2.24. The highest BCUT2D eigenvalue weighted by Crippen LogP contribution is 2.33. The van der Waals surface area contributed by atoms with Gasteiger partial charge < -0.3 is 0 Å². The van der Waals surface area contributed by atoms with Crippen molar-refractivity contribution in [3.63, 3.8) is 0 Å². The van der Waals surface area contributed by atoms with E-state index in [-0.39, 0.29) is 0 Å². The third-order valence-corrected chi connectivity index (χ3v) is 3.88. The van der Waals surface area contributed by atoms with Crippen LogP contribution in [0.1, 0.15) is 19.3 Å². The highest BCUT2D eigenvalue weighted by molar-refractivity contribution is 9.09. The molecule has 9 heavy (non-hydrogen) atoms. The molecule has 2 heteroatoms. The van der Waals surface area contributed by atoms with E-state index in [4.69, 9.17) is 0 Å². The summed E-state index contributed by atoms with van der Waals surface area (Å²) in [4.78, 5) is 0. The number of hydrogen-bond donors (Lipinski definition) is 0. The number of alkyl halides is 2. The van der Waals surface area contributed by atoms with E-state index in [1.165, 1.54) is 29.9 Å². The fourth-order valence-electron chi connectivity index (χ4n) is 1.52. The second kappa shape index (κ2) is 3.97. The lowest BCUT2D eigenvalue weighted by molar-refractivity contribution is 0.477. The largest absolute Gasteiger partial charge is 0.0925 e. The lowest BCUT2D eigenvalue weighted by atomic mass is 10.0. The van der Waals surface area contributed by atoms with Gasteiger partial charge in [0, 0.05) is 10.7 Å². The molecule has 1 aliphatic carbocycles. The summed E-state index contributed by atoms with van der Waals surface area (Å²) in [6.45, 7) is 0. The minimum atomic E-state index is 0.948. The van der Waals surface area contributed by atoms with E-state index < -0.39 is 0 Å². The lowest BCUT2D eigenvalue weighted by Crippen LogP contribution is -2.09. The second-order valence-electron chi connectivity index (χ2n) is 2.76. The minimum absolute atomic E-state index is 0.948. The van der Waals surface area contributed by atoms with Gasteiger partial charge in [-0.15, -0.1) is 0 Å². The van der Waals surface area contributed by atoms with Crippen LogP contribution in [0.15, 0.2) is 0 Å². The molecule has 0 aromatic carbocycles. The van der Waals surface area contributed by atoms with Crippen molar-refractivity contribution in [2.24, 2.45) is 11.8 Å². The zero-order valence-corrected chi connectivity index (χ0v) is 8.62. The zero-order chi connectivity index (χ0) is 6.69. The van der Waals surface area contributed by atoms with E-state index in [0.29, 0.717) is 0 Å². The molecule has 0 unspecified atom stereocenters. The van der Waals surface area contributed by atoms with Crippen LogP contribution >= 0.6 is 31.9 Å². The molecule has 1 rings (SSSR count). The predicted molar refractivity (Wildman–Crippen MR) is 48.4 cm³/mol. The molecule has 0 bridgehead atoms. The first-order valence-corrected chi connectivity index (χ1v) is 5.74. The Kier molecular flexibility index (Phi) is 3.55. The lowest BCUT2D eigenvalue weighted by Gasteiger charge is -2.12. The first-order chi connectivity index (χ1) is 4.38. The third-order valence-electron chi connectivity index (χ3n) is 2.21. The van der Waals surface area contributed by atoms with Crippen LogP contribution < -0.4 is 0 Å². The second-order valence-corrected chi connectivity index (χ2v) is 4.05. The molecule has 0 saturated heterocycles. The van der Waals surface area contributed by atoms with Gasteiger partial charge in [-0.2, -0.15) is 0 Å². The standard InChI is InChI=1S/C7H12Br2/c8-4-6-2-1-3-7(6)5-9/h6-7H,1-5H2/t6-,7+. The molecule has 0 heterocycles. The maximum absolute atomic E-state index is 3.54. The molecule has 2 atom stereocenters. The Morgan fingerprint density at radius 1 is 1.00 bits per heavy atom. The van der Waals surface area contributed by atoms with Crippen molar-refractivity contribution in [3.05, 3.63) is 0 Å². The molecule has 1 fully saturated rings. The molecular weight excluding hydrogens is 244 g/mol. The molecule has 0 aliphatic heterocycles. The third kappa shape index (κ3) is 1.94. The summed E-state index contributed by atoms with van der Waals surface area (Å²) in [5.41, 5.74) is 0. The van der Waals surface area contributed by atoms with Gasteiger partial charge >= 0.3 is 0 Å². The Hall–Kier alpha value is 0.960. The minimum Gasteiger partial charge on any atom is -0.0925 e. The van der Waals surface area contributed by atoms with Gasteiger partial charge in [-0.25, -0.2) is 0 Å². The quantitative estimate of drug-likeness (QED) is 0.665. The molecule has 0 radical (unpaired) electrons. The fourth-order valence-corrected chi connectivity index (χ4v) is 3.22. The Morgan fingerprint density at radius 2 is 1.44 bits per heavy atom. The Labute approximate surface area is 73.7 Å². The summed E-state index contributed by atoms with van der Waals surface area (Å²) in [7, 11) is 0. The summed E-state index contributed by atoms with van der Waals surface area (Å²) in [5.74, 6) is 1.90. The van der Waals surface area contributed by atoms with Gasteiger partial charge in [-0.05, 0) is 24.7 Å². The average molecular weight is 256 g/mol. The predicted octanol–water partition coefficient (Wildman–Crippen LogP) is 3.19. The van der Waals surface area contributed by atoms with Crippen LogP contribution in [0.25, 0.3) is 0 Å². The maximum atomic E-state index is 3.54. The summed E-state index contributed by atoms with van der Waals surface area (Å²) < 4.78 is 0. The average Bonchev–Trinajstić information content (AvgIpc) is 2.33. The molecule has 0 amide bonds. The summed E-state index contributed by atoms with van der Waals surface area (Å²) in [6, 6.07) is 0. The van der Waals surface area contributed by atoms with E-state index in [2.05, 4.69) is 31.9 Å². The van der Waals surface area contributed by atoms with Crippen LogP contribution in [0.4, 0.5) is 0 Å². The van der Waals surface area contributed by atoms with E-state index in [0.717, 1.165) is 11.8 Å². The van der Waals surface area contributed by atoms with Crippen molar-refractivity contribution in [2.45, 2.75) is 19.3 Å². The molecule has 0 aromatic heterocycles. The fraction of sp³-hybridized carbons (Fsp3) is 1.00. The molecule has 0 N–H and O–H groups in total. The van der Waals surface area contributed by atoms with Gasteiger partial charge in [0.2, 0.25) is 0 Å². The monoisotopic (exact) mass is 254 g/mol. The first-order valence-electron chi connectivity index (χ1n) is 3.50. The van der Waals surface area contributed by atoms with Crippen molar-refractivity contribution in [2.75, 3.05) is 10.7 Å². The SMILES string of the molecule is BrC[C@@H]1CCC[C@@H]1CBr. The van der Waals surface area contributed by atoms with Gasteiger partial charge in [-0.3, -0.25) is 0 Å². The molecule has 54 valence electrons. The molecule has 1 aliphatic rings. The number of rotatable bonds is 2. The van der Waals surface area contributed by atoms with Crippen molar-refractivity contribution in [3.8, 4) is 0 Å². The van der Waals surface area contributed by atoms with Gasteiger partial charge in [0.15, 0.2) is 0 Å². The van der Waals surface area contributed by atoms with Crippen LogP contribution in [-0.2, 0) is 0 Å². The molecule has 0 aromatic rings. The molecule has 0 nitrogen and oxygen atoms in total. The Bertz CT molecular complexity index is 73.0. The van der Waals surface area contributed by atoms with Crippen LogP contribution in [0, 0.1) is 11.8 Å². The smallest absolute Gasteiger partial charge is 0.00626 e. The van der Waals surface area contributed by atoms with Crippen molar-refractivity contribution in [1.29, 1.82) is 0 Å². The summed E-state index contributed by atoms with van der Waals surface area (Å²) in [5, 5.41) is 2.40. The van der Waals surface area contributed by atoms with Gasteiger partial charge in [0.1, 0.15) is 0 Å². The highest BCUT2D eigenvalue weighted by atomic mass is 79.9. The first kappa shape index (κ1) is 8.06. The van der Waals surface area contributed by atoms with E-state index in [9.17, 15) is 0 Å². The van der Waals surface area contributed by atoms with E-state index in [1.54, 1.807) is 0 Å². The van der Waals surface area contributed by atoms with Crippen LogP contribution in [0.3, 0.4) is 0 Å². The van der Waals surface area contributed by atoms with Crippen molar-refractivity contribution >= 4 is 31.9 Å². The molecule has 0 spiro atoms. The van der Waals surface area contributed by atoms with Crippen LogP contribution in [0.2, 0.25) is 0 Å². The van der Waals surface area contributed by atoms with Crippen molar-refractivity contribution in [1.82, 2.24) is 0 Å². The Morgan fingerprint density at radius 3 is 1.78 bits per heavy atom. The van der Waals surface area contributed by atoms with E-state index >= 15 is 0 Å². The van der Waals surface area contributed by atoms with E-state index in [1.807, 2.05) is 0 Å². The molecule has 1 saturated carbocycles. The van der Waals surface area contributed by atoms with Gasteiger partial charge in [-0.1, -0.05) is 38.3 Å². The van der Waals surface area contributed by atoms with Crippen molar-refractivity contribution < 1.29 is 0 Å². The molecular formula is C7H12Br2. The van der Waals surface area contributed by atoms with Crippen LogP contribution in [-0.4, -0.2) is 10.7 Å². The summed E-state index contributed by atoms with van der Waals surface area (Å²) >= 11 is 7.07. The summed E-state index contributed by atoms with van der Waals surface area (Å²) in [6.07, 6.45) is 4.30. The Balaban J connectivity index is 2.32. The topological polar surface area (TPSA) is 0 Å². The van der Waals surface area contributed by atoms with Gasteiger partial charge in [0.05, 0.1) is 0 Å². The maximum Gasteiger partial charge on any atom is 0.00626 e. The zero-order valence-electron chi connectivity index (χ0n) is 5.45. The normalized spacial score (nSPS) is 35.3. The van der Waals surface area contributed by atoms with Gasteiger partial charge in [0.25, 0.3) is 0 Å².